The van der Waals surface area contributed by atoms with Gasteiger partial charge in [0, 0.05) is 25.7 Å². The molecule has 0 aromatic carbocycles. The van der Waals surface area contributed by atoms with E-state index < -0.39 is 97.5 Å². The van der Waals surface area contributed by atoms with Crippen LogP contribution in [0, 0.1) is 17.8 Å². The lowest BCUT2D eigenvalue weighted by atomic mass is 10.0. The summed E-state index contributed by atoms with van der Waals surface area (Å²) in [4.78, 5) is 72.8. The zero-order chi connectivity index (χ0) is 71.6. The zero-order valence-corrected chi connectivity index (χ0v) is 65.3. The second-order valence-corrected chi connectivity index (χ2v) is 32.4. The van der Waals surface area contributed by atoms with Crippen molar-refractivity contribution in [1.29, 1.82) is 0 Å². The number of aliphatic hydroxyl groups excluding tert-OH is 1. The summed E-state index contributed by atoms with van der Waals surface area (Å²) in [5.41, 5.74) is 0. The quantitative estimate of drug-likeness (QED) is 0.0222. The average molecular weight is 1420 g/mol. The number of esters is 4. The lowest BCUT2D eigenvalue weighted by Gasteiger charge is -2.21. The molecule has 0 saturated heterocycles. The van der Waals surface area contributed by atoms with Crippen LogP contribution in [0.25, 0.3) is 0 Å². The average Bonchev–Trinajstić information content (AvgIpc) is 1.08. The Labute approximate surface area is 594 Å². The van der Waals surface area contributed by atoms with Gasteiger partial charge in [-0.3, -0.25) is 37.3 Å². The number of phosphoric acid groups is 2. The molecular formula is C78H152O17P2. The minimum Gasteiger partial charge on any atom is -0.462 e. The van der Waals surface area contributed by atoms with Crippen LogP contribution in [0.4, 0.5) is 0 Å². The minimum atomic E-state index is -4.96. The summed E-state index contributed by atoms with van der Waals surface area (Å²) in [5.74, 6) is 0.0529. The number of hydrogen-bond acceptors (Lipinski definition) is 15. The van der Waals surface area contributed by atoms with Crippen LogP contribution in [0.2, 0.25) is 0 Å². The molecule has 0 amide bonds. The van der Waals surface area contributed by atoms with Crippen molar-refractivity contribution in [2.75, 3.05) is 39.6 Å². The Kier molecular flexibility index (Phi) is 67.1. The second kappa shape index (κ2) is 68.5. The van der Waals surface area contributed by atoms with Crippen LogP contribution in [0.1, 0.15) is 402 Å². The van der Waals surface area contributed by atoms with Crippen molar-refractivity contribution in [3.63, 3.8) is 0 Å². The van der Waals surface area contributed by atoms with E-state index in [1.165, 1.54) is 205 Å². The van der Waals surface area contributed by atoms with E-state index in [9.17, 15) is 43.2 Å². The monoisotopic (exact) mass is 1420 g/mol. The molecule has 0 bridgehead atoms. The van der Waals surface area contributed by atoms with E-state index in [4.69, 9.17) is 37.0 Å². The van der Waals surface area contributed by atoms with Crippen LogP contribution in [-0.4, -0.2) is 96.7 Å². The molecule has 97 heavy (non-hydrogen) atoms. The molecule has 0 rings (SSSR count). The zero-order valence-electron chi connectivity index (χ0n) is 63.5. The molecule has 19 heteroatoms. The SMILES string of the molecule is CCCCCCCCCCCCCCCCCCCCCCCC(=O)O[C@H](COC(=O)CCCCCCCCCCCCCCCCC(C)C)COP(=O)(O)OC[C@@H](O)COP(=O)(O)OC[C@@H](COC(=O)CCCCCCCCC(C)C)OC(=O)CCCCCCCCCC(C)C. The molecule has 0 saturated carbocycles. The number of aliphatic hydroxyl groups is 1. The summed E-state index contributed by atoms with van der Waals surface area (Å²) in [5, 5.41) is 10.6. The molecule has 0 spiro atoms. The van der Waals surface area contributed by atoms with E-state index >= 15 is 0 Å². The maximum atomic E-state index is 13.1. The molecule has 17 nitrogen and oxygen atoms in total. The molecule has 2 unspecified atom stereocenters. The lowest BCUT2D eigenvalue weighted by Crippen LogP contribution is -2.30. The third kappa shape index (κ3) is 72.2. The molecule has 5 atom stereocenters. The fourth-order valence-electron chi connectivity index (χ4n) is 12.0. The highest BCUT2D eigenvalue weighted by atomic mass is 31.2. The summed E-state index contributed by atoms with van der Waals surface area (Å²) in [6, 6.07) is 0. The first-order valence-electron chi connectivity index (χ1n) is 40.3. The Bertz CT molecular complexity index is 1890. The highest BCUT2D eigenvalue weighted by Gasteiger charge is 2.30. The largest absolute Gasteiger partial charge is 0.472 e. The molecule has 0 aromatic heterocycles. The van der Waals surface area contributed by atoms with E-state index in [1.807, 2.05) is 0 Å². The molecule has 0 aromatic rings. The van der Waals surface area contributed by atoms with Gasteiger partial charge in [-0.1, -0.05) is 350 Å². The van der Waals surface area contributed by atoms with Crippen LogP contribution < -0.4 is 0 Å². The molecule has 0 fully saturated rings. The number of carbonyl (C=O) groups is 4. The number of phosphoric ester groups is 2. The van der Waals surface area contributed by atoms with Gasteiger partial charge in [0.25, 0.3) is 0 Å². The first-order valence-corrected chi connectivity index (χ1v) is 43.3. The van der Waals surface area contributed by atoms with Gasteiger partial charge in [0.1, 0.15) is 19.3 Å². The van der Waals surface area contributed by atoms with Gasteiger partial charge in [0.2, 0.25) is 0 Å². The molecule has 0 aliphatic heterocycles. The van der Waals surface area contributed by atoms with Crippen molar-refractivity contribution in [1.82, 2.24) is 0 Å². The maximum absolute atomic E-state index is 13.1. The maximum Gasteiger partial charge on any atom is 0.472 e. The number of carbonyl (C=O) groups excluding carboxylic acids is 4. The van der Waals surface area contributed by atoms with Crippen molar-refractivity contribution in [3.05, 3.63) is 0 Å². The van der Waals surface area contributed by atoms with Gasteiger partial charge in [0.05, 0.1) is 26.4 Å². The number of ether oxygens (including phenoxy) is 4. The summed E-state index contributed by atoms with van der Waals surface area (Å²) in [6.45, 7) is 11.8. The Morgan fingerprint density at radius 3 is 0.701 bits per heavy atom. The molecule has 0 aliphatic carbocycles. The third-order valence-electron chi connectivity index (χ3n) is 18.1. The van der Waals surface area contributed by atoms with Gasteiger partial charge in [0.15, 0.2) is 12.2 Å². The molecular weight excluding hydrogens is 1270 g/mol. The van der Waals surface area contributed by atoms with Crippen LogP contribution in [0.3, 0.4) is 0 Å². The van der Waals surface area contributed by atoms with E-state index in [-0.39, 0.29) is 25.7 Å². The van der Waals surface area contributed by atoms with Crippen molar-refractivity contribution in [3.8, 4) is 0 Å². The van der Waals surface area contributed by atoms with Gasteiger partial charge in [-0.25, -0.2) is 9.13 Å². The normalized spacial score (nSPS) is 14.0. The Morgan fingerprint density at radius 1 is 0.278 bits per heavy atom. The highest BCUT2D eigenvalue weighted by Crippen LogP contribution is 2.45. The van der Waals surface area contributed by atoms with Gasteiger partial charge in [-0.2, -0.15) is 0 Å². The third-order valence-corrected chi connectivity index (χ3v) is 20.0. The van der Waals surface area contributed by atoms with Crippen LogP contribution in [0.5, 0.6) is 0 Å². The van der Waals surface area contributed by atoms with E-state index in [0.29, 0.717) is 37.5 Å². The summed E-state index contributed by atoms with van der Waals surface area (Å²) >= 11 is 0. The van der Waals surface area contributed by atoms with Crippen molar-refractivity contribution >= 4 is 39.5 Å². The smallest absolute Gasteiger partial charge is 0.462 e. The first kappa shape index (κ1) is 95.1. The van der Waals surface area contributed by atoms with Gasteiger partial charge in [-0.15, -0.1) is 0 Å². The van der Waals surface area contributed by atoms with Crippen molar-refractivity contribution in [2.45, 2.75) is 420 Å². The van der Waals surface area contributed by atoms with Gasteiger partial charge < -0.3 is 33.8 Å². The molecule has 0 heterocycles. The molecule has 0 radical (unpaired) electrons. The van der Waals surface area contributed by atoms with Crippen LogP contribution >= 0.6 is 15.6 Å². The fraction of sp³-hybridized carbons (Fsp3) is 0.949. The molecule has 576 valence electrons. The number of hydrogen-bond donors (Lipinski definition) is 3. The predicted molar refractivity (Wildman–Crippen MR) is 395 cm³/mol. The van der Waals surface area contributed by atoms with Crippen molar-refractivity contribution < 1.29 is 80.2 Å². The minimum absolute atomic E-state index is 0.102. The predicted octanol–water partition coefficient (Wildman–Crippen LogP) is 23.0. The topological polar surface area (TPSA) is 237 Å². The van der Waals surface area contributed by atoms with Gasteiger partial charge in [-0.05, 0) is 43.4 Å². The van der Waals surface area contributed by atoms with Crippen LogP contribution in [0.15, 0.2) is 0 Å². The van der Waals surface area contributed by atoms with Crippen LogP contribution in [-0.2, 0) is 65.4 Å². The lowest BCUT2D eigenvalue weighted by molar-refractivity contribution is -0.161. The summed E-state index contributed by atoms with van der Waals surface area (Å²) < 4.78 is 68.5. The Balaban J connectivity index is 5.19. The number of rotatable bonds is 76. The number of unbranched alkanes of at least 4 members (excludes halogenated alkanes) is 44. The standard InChI is InChI=1S/C78H152O17P2/c1-8-9-10-11-12-13-14-15-16-17-18-19-20-21-22-27-30-33-38-47-54-61-77(82)94-73(65-88-75(80)59-52-45-37-32-29-26-24-23-25-28-31-35-42-49-56-69(2)3)67-92-96(84,85)90-63-72(79)64-91-97(86,87)93-68-74(66-89-76(81)60-53-46-41-40-44-51-58-71(6)7)95-78(83)62-55-48-39-34-36-43-50-57-70(4)5/h69-74,79H,8-68H2,1-7H3,(H,84,85)(H,86,87)/t72-,73-,74-/m1/s1. The fourth-order valence-corrected chi connectivity index (χ4v) is 13.5. The highest BCUT2D eigenvalue weighted by molar-refractivity contribution is 7.47. The molecule has 3 N–H and O–H groups in total. The Morgan fingerprint density at radius 2 is 0.474 bits per heavy atom. The summed E-state index contributed by atoms with van der Waals surface area (Å²) in [6.07, 6.45) is 56.0. The van der Waals surface area contributed by atoms with Gasteiger partial charge >= 0.3 is 39.5 Å². The Hall–Kier alpha value is -1.94. The molecule has 0 aliphatic rings. The van der Waals surface area contributed by atoms with Crippen molar-refractivity contribution in [2.24, 2.45) is 17.8 Å². The van der Waals surface area contributed by atoms with E-state index in [1.54, 1.807) is 0 Å². The summed E-state index contributed by atoms with van der Waals surface area (Å²) in [7, 11) is -9.91. The first-order chi connectivity index (χ1) is 46.7. The second-order valence-electron chi connectivity index (χ2n) is 29.5. The van der Waals surface area contributed by atoms with E-state index in [2.05, 4.69) is 48.5 Å². The van der Waals surface area contributed by atoms with E-state index in [0.717, 1.165) is 102 Å².